The van der Waals surface area contributed by atoms with Crippen molar-refractivity contribution in [3.8, 4) is 23.0 Å². The summed E-state index contributed by atoms with van der Waals surface area (Å²) in [5, 5.41) is 2.33. The zero-order chi connectivity index (χ0) is 22.6. The Balaban J connectivity index is 0.000000307. The van der Waals surface area contributed by atoms with Gasteiger partial charge in [0.25, 0.3) is 0 Å². The van der Waals surface area contributed by atoms with Crippen molar-refractivity contribution in [1.82, 2.24) is 0 Å². The van der Waals surface area contributed by atoms with Crippen LogP contribution in [0.4, 0.5) is 0 Å². The third kappa shape index (κ3) is 4.97. The summed E-state index contributed by atoms with van der Waals surface area (Å²) >= 11 is 0. The van der Waals surface area contributed by atoms with Crippen molar-refractivity contribution in [2.45, 2.75) is 71.5 Å². The third-order valence-electron chi connectivity index (χ3n) is 6.04. The summed E-state index contributed by atoms with van der Waals surface area (Å²) < 4.78 is 25.5. The van der Waals surface area contributed by atoms with E-state index in [1.165, 1.54) is 6.42 Å². The molecule has 6 heteroatoms. The molecule has 5 rings (SSSR count). The van der Waals surface area contributed by atoms with Gasteiger partial charge in [-0.15, -0.1) is 0 Å². The van der Waals surface area contributed by atoms with Crippen LogP contribution in [0, 0.1) is 5.92 Å². The molecule has 174 valence electrons. The molecule has 2 aromatic rings. The summed E-state index contributed by atoms with van der Waals surface area (Å²) in [6.07, 6.45) is 8.97. The molecule has 0 fully saturated rings. The SMILES string of the molecule is C1=CCC(CC[Si-]23(Oc4ccccc4O2)Oc2ccccc2O3)CC1.CC(C)[NH2+]C(C)C. The molecule has 0 bridgehead atoms. The smallest absolute Gasteiger partial charge is 0.0803 e. The minimum atomic E-state index is -4.04. The Morgan fingerprint density at radius 3 is 1.59 bits per heavy atom. The van der Waals surface area contributed by atoms with Gasteiger partial charge in [0.05, 0.1) is 12.1 Å². The second-order valence-electron chi connectivity index (χ2n) is 9.75. The molecule has 2 heterocycles. The molecule has 2 aliphatic heterocycles. The largest absolute Gasteiger partial charge is 0.342 e. The van der Waals surface area contributed by atoms with Gasteiger partial charge in [0.15, 0.2) is 0 Å². The molecular weight excluding hydrogens is 418 g/mol. The molecular formula is C26H37NO4Si. The van der Waals surface area contributed by atoms with Crippen molar-refractivity contribution in [3.63, 3.8) is 0 Å². The number of benzene rings is 2. The van der Waals surface area contributed by atoms with Crippen molar-refractivity contribution in [1.29, 1.82) is 0 Å². The van der Waals surface area contributed by atoms with E-state index in [-0.39, 0.29) is 0 Å². The number of para-hydroxylation sites is 4. The van der Waals surface area contributed by atoms with E-state index in [0.717, 1.165) is 31.3 Å². The molecule has 0 amide bonds. The van der Waals surface area contributed by atoms with Gasteiger partial charge in [-0.25, -0.2) is 0 Å². The molecule has 3 aliphatic rings. The Bertz CT molecular complexity index is 839. The molecule has 1 unspecified atom stereocenters. The van der Waals surface area contributed by atoms with E-state index < -0.39 is 8.33 Å². The first kappa shape index (κ1) is 22.7. The quantitative estimate of drug-likeness (QED) is 0.482. The fourth-order valence-corrected chi connectivity index (χ4v) is 8.66. The molecule has 1 aliphatic carbocycles. The van der Waals surface area contributed by atoms with Crippen LogP contribution in [0.2, 0.25) is 6.04 Å². The van der Waals surface area contributed by atoms with Crippen molar-refractivity contribution in [2.75, 3.05) is 0 Å². The molecule has 1 atom stereocenters. The Hall–Kier alpha value is -2.44. The third-order valence-corrected chi connectivity index (χ3v) is 9.60. The first-order valence-electron chi connectivity index (χ1n) is 12.0. The van der Waals surface area contributed by atoms with Gasteiger partial charge in [-0.1, -0.05) is 0 Å². The molecule has 0 saturated heterocycles. The number of allylic oxidation sites excluding steroid dienone is 2. The maximum absolute atomic E-state index is 6.38. The van der Waals surface area contributed by atoms with E-state index >= 15 is 0 Å². The predicted octanol–water partition coefficient (Wildman–Crippen LogP) is 5.43. The van der Waals surface area contributed by atoms with Gasteiger partial charge in [-0.2, -0.15) is 0 Å². The summed E-state index contributed by atoms with van der Waals surface area (Å²) in [5.74, 6) is 3.48. The molecule has 32 heavy (non-hydrogen) atoms. The van der Waals surface area contributed by atoms with Crippen LogP contribution in [0.5, 0.6) is 23.0 Å². The summed E-state index contributed by atoms with van der Waals surface area (Å²) in [4.78, 5) is 0. The van der Waals surface area contributed by atoms with E-state index in [1.807, 2.05) is 48.5 Å². The molecule has 2 N–H and O–H groups in total. The summed E-state index contributed by atoms with van der Waals surface area (Å²) in [6.45, 7) is 8.83. The van der Waals surface area contributed by atoms with Gasteiger partial charge in [0.2, 0.25) is 0 Å². The van der Waals surface area contributed by atoms with Gasteiger partial charge >= 0.3 is 147 Å². The van der Waals surface area contributed by atoms with E-state index in [2.05, 4.69) is 45.2 Å². The number of hydrogen-bond donors (Lipinski definition) is 1. The van der Waals surface area contributed by atoms with Crippen molar-refractivity contribution >= 4 is 8.33 Å². The maximum Gasteiger partial charge on any atom is 0.0803 e. The summed E-state index contributed by atoms with van der Waals surface area (Å²) in [5.41, 5.74) is 0. The van der Waals surface area contributed by atoms with Gasteiger partial charge in [-0.05, 0) is 27.7 Å². The number of quaternary nitrogens is 1. The topological polar surface area (TPSA) is 53.5 Å². The van der Waals surface area contributed by atoms with E-state index in [9.17, 15) is 0 Å². The van der Waals surface area contributed by atoms with E-state index in [4.69, 9.17) is 17.7 Å². The number of nitrogens with two attached hydrogens (primary N) is 1. The van der Waals surface area contributed by atoms with Crippen LogP contribution in [0.3, 0.4) is 0 Å². The fourth-order valence-electron chi connectivity index (χ4n) is 4.74. The van der Waals surface area contributed by atoms with Crippen LogP contribution in [-0.4, -0.2) is 20.4 Å². The monoisotopic (exact) mass is 455 g/mol. The Kier molecular flexibility index (Phi) is 6.54. The fraction of sp³-hybridized carbons (Fsp3) is 0.462. The molecule has 0 radical (unpaired) electrons. The van der Waals surface area contributed by atoms with E-state index in [1.54, 1.807) is 0 Å². The second-order valence-corrected chi connectivity index (χ2v) is 13.2. The van der Waals surface area contributed by atoms with Gasteiger partial charge < -0.3 is 5.32 Å². The molecule has 1 spiro atoms. The van der Waals surface area contributed by atoms with Crippen LogP contribution >= 0.6 is 0 Å². The summed E-state index contributed by atoms with van der Waals surface area (Å²) in [7, 11) is -4.04. The van der Waals surface area contributed by atoms with Gasteiger partial charge in [0, 0.05) is 0 Å². The van der Waals surface area contributed by atoms with Gasteiger partial charge in [0.1, 0.15) is 0 Å². The number of rotatable bonds is 5. The second kappa shape index (κ2) is 9.20. The van der Waals surface area contributed by atoms with Crippen LogP contribution in [0.25, 0.3) is 0 Å². The predicted molar refractivity (Wildman–Crippen MR) is 129 cm³/mol. The Morgan fingerprint density at radius 1 is 0.781 bits per heavy atom. The van der Waals surface area contributed by atoms with Crippen molar-refractivity contribution in [3.05, 3.63) is 60.7 Å². The van der Waals surface area contributed by atoms with Crippen molar-refractivity contribution in [2.24, 2.45) is 5.92 Å². The minimum Gasteiger partial charge on any atom is -0.342 e. The Labute approximate surface area is 192 Å². The normalized spacial score (nSPS) is 22.3. The molecule has 5 nitrogen and oxygen atoms in total. The molecule has 0 saturated carbocycles. The molecule has 0 aromatic heterocycles. The van der Waals surface area contributed by atoms with E-state index in [0.29, 0.717) is 35.0 Å². The zero-order valence-corrected chi connectivity index (χ0v) is 20.8. The average Bonchev–Trinajstić information content (AvgIpc) is 3.27. The Morgan fingerprint density at radius 2 is 1.25 bits per heavy atom. The van der Waals surface area contributed by atoms with Crippen LogP contribution < -0.4 is 23.0 Å². The van der Waals surface area contributed by atoms with Crippen LogP contribution in [0.1, 0.15) is 53.4 Å². The first-order chi connectivity index (χ1) is 15.4. The van der Waals surface area contributed by atoms with Crippen LogP contribution in [-0.2, 0) is 0 Å². The first-order valence-corrected chi connectivity index (χ1v) is 14.3. The summed E-state index contributed by atoms with van der Waals surface area (Å²) in [6, 6.07) is 17.6. The maximum atomic E-state index is 6.38. The van der Waals surface area contributed by atoms with Crippen molar-refractivity contribution < 1.29 is 23.0 Å². The number of fused-ring (bicyclic) bond motifs is 2. The zero-order valence-electron chi connectivity index (χ0n) is 19.8. The minimum absolute atomic E-state index is 0.624. The standard InChI is InChI=1S/C20H21O4Si.C6H15N/c1-2-8-16(9-3-1)14-15-25(21-17-10-4-5-11-18(17)22-25)23-19-12-6-7-13-20(19)24-25;1-5(2)7-6(3)4/h1-2,4-7,10-13,16H,3,8-9,14-15H2;5-7H,1-4H3/q-1;/p+1. The van der Waals surface area contributed by atoms with Crippen LogP contribution in [0.15, 0.2) is 60.7 Å². The molecule has 2 aromatic carbocycles. The number of hydrogen-bond acceptors (Lipinski definition) is 4. The van der Waals surface area contributed by atoms with Gasteiger partial charge in [-0.3, -0.25) is 0 Å². The average molecular weight is 456 g/mol.